The van der Waals surface area contributed by atoms with Crippen LogP contribution < -0.4 is 0 Å². The van der Waals surface area contributed by atoms with Crippen LogP contribution >= 0.6 is 15.9 Å². The molecule has 22 heavy (non-hydrogen) atoms. The maximum absolute atomic E-state index is 13.8. The second-order valence-corrected chi connectivity index (χ2v) is 6.97. The molecule has 1 aliphatic heterocycles. The molecule has 122 valence electrons. The Labute approximate surface area is 140 Å². The van der Waals surface area contributed by atoms with Gasteiger partial charge in [0.1, 0.15) is 5.82 Å². The molecule has 1 aliphatic rings. The number of nitrogens with zero attached hydrogens (tertiary/aromatic N) is 2. The number of carbonyl (C=O) groups excluding carboxylic acids is 1. The van der Waals surface area contributed by atoms with Gasteiger partial charge < -0.3 is 4.90 Å². The Kier molecular flexibility index (Phi) is 6.38. The number of piperidine rings is 1. The van der Waals surface area contributed by atoms with E-state index in [9.17, 15) is 9.18 Å². The first kappa shape index (κ1) is 17.4. The van der Waals surface area contributed by atoms with E-state index in [1.165, 1.54) is 12.5 Å². The van der Waals surface area contributed by atoms with Gasteiger partial charge in [-0.3, -0.25) is 9.69 Å². The number of benzene rings is 1. The molecule has 1 heterocycles. The molecule has 1 aromatic rings. The third-order valence-corrected chi connectivity index (χ3v) is 4.77. The quantitative estimate of drug-likeness (QED) is 0.786. The molecule has 1 amide bonds. The van der Waals surface area contributed by atoms with E-state index in [0.29, 0.717) is 24.7 Å². The highest BCUT2D eigenvalue weighted by Gasteiger charge is 2.25. The Morgan fingerprint density at radius 1 is 1.45 bits per heavy atom. The first-order valence-corrected chi connectivity index (χ1v) is 8.72. The highest BCUT2D eigenvalue weighted by molar-refractivity contribution is 9.10. The lowest BCUT2D eigenvalue weighted by Gasteiger charge is -2.36. The summed E-state index contributed by atoms with van der Waals surface area (Å²) in [5.41, 5.74) is 0.607. The van der Waals surface area contributed by atoms with E-state index in [1.807, 2.05) is 16.8 Å². The van der Waals surface area contributed by atoms with Crippen molar-refractivity contribution in [2.24, 2.45) is 0 Å². The normalized spacial score (nSPS) is 18.8. The first-order chi connectivity index (χ1) is 10.5. The number of likely N-dealkylation sites (N-methyl/N-ethyl adjacent to an activating group) is 1. The molecular weight excluding hydrogens is 347 g/mol. The van der Waals surface area contributed by atoms with Crippen LogP contribution in [0.5, 0.6) is 0 Å². The van der Waals surface area contributed by atoms with Crippen LogP contribution in [0.25, 0.3) is 0 Å². The van der Waals surface area contributed by atoms with Crippen molar-refractivity contribution in [2.75, 3.05) is 20.1 Å². The lowest BCUT2D eigenvalue weighted by atomic mass is 10.00. The van der Waals surface area contributed by atoms with Crippen molar-refractivity contribution in [3.8, 4) is 0 Å². The fraction of sp³-hybridized carbons (Fsp3) is 0.588. The fourth-order valence-electron chi connectivity index (χ4n) is 3.09. The molecule has 1 atom stereocenters. The largest absolute Gasteiger partial charge is 0.339 e. The van der Waals surface area contributed by atoms with Crippen molar-refractivity contribution in [1.29, 1.82) is 0 Å². The Balaban J connectivity index is 1.94. The Morgan fingerprint density at radius 2 is 2.23 bits per heavy atom. The molecular formula is C17H24BrFN2O. The number of amides is 1. The average Bonchev–Trinajstić information content (AvgIpc) is 2.50. The van der Waals surface area contributed by atoms with Gasteiger partial charge >= 0.3 is 0 Å². The van der Waals surface area contributed by atoms with E-state index in [2.05, 4.69) is 22.9 Å². The van der Waals surface area contributed by atoms with Crippen LogP contribution in [0.15, 0.2) is 22.7 Å². The van der Waals surface area contributed by atoms with Crippen LogP contribution in [0.3, 0.4) is 0 Å². The smallest absolute Gasteiger partial charge is 0.236 e. The molecule has 0 N–H and O–H groups in total. The predicted molar refractivity (Wildman–Crippen MR) is 90.1 cm³/mol. The van der Waals surface area contributed by atoms with Crippen LogP contribution in [0.4, 0.5) is 4.39 Å². The van der Waals surface area contributed by atoms with Gasteiger partial charge in [0.25, 0.3) is 0 Å². The standard InChI is InChI=1S/C17H24BrFN2O/c1-3-15-6-4-5-9-21(15)17(22)12-20(2)11-13-10-14(18)7-8-16(13)19/h7-8,10,15H,3-6,9,11-12H2,1-2H3. The zero-order valence-corrected chi connectivity index (χ0v) is 14.9. The van der Waals surface area contributed by atoms with Crippen molar-refractivity contribution in [1.82, 2.24) is 9.80 Å². The minimum atomic E-state index is -0.230. The predicted octanol–water partition coefficient (Wildman–Crippen LogP) is 3.81. The Hall–Kier alpha value is -0.940. The molecule has 0 bridgehead atoms. The average molecular weight is 371 g/mol. The van der Waals surface area contributed by atoms with Gasteiger partial charge in [-0.2, -0.15) is 0 Å². The summed E-state index contributed by atoms with van der Waals surface area (Å²) in [7, 11) is 1.86. The second kappa shape index (κ2) is 8.06. The maximum Gasteiger partial charge on any atom is 0.236 e. The van der Waals surface area contributed by atoms with Crippen molar-refractivity contribution in [3.63, 3.8) is 0 Å². The molecule has 1 saturated heterocycles. The van der Waals surface area contributed by atoms with E-state index >= 15 is 0 Å². The van der Waals surface area contributed by atoms with Crippen molar-refractivity contribution in [2.45, 2.75) is 45.2 Å². The number of likely N-dealkylation sites (tertiary alicyclic amines) is 1. The monoisotopic (exact) mass is 370 g/mol. The lowest BCUT2D eigenvalue weighted by Crippen LogP contribution is -2.47. The molecule has 0 aromatic heterocycles. The van der Waals surface area contributed by atoms with Crippen LogP contribution in [-0.2, 0) is 11.3 Å². The molecule has 0 saturated carbocycles. The highest BCUT2D eigenvalue weighted by Crippen LogP contribution is 2.20. The molecule has 1 unspecified atom stereocenters. The van der Waals surface area contributed by atoms with E-state index < -0.39 is 0 Å². The number of halogens is 2. The van der Waals surface area contributed by atoms with Gasteiger partial charge in [0.2, 0.25) is 5.91 Å². The van der Waals surface area contributed by atoms with Gasteiger partial charge in [0, 0.05) is 29.2 Å². The molecule has 3 nitrogen and oxygen atoms in total. The topological polar surface area (TPSA) is 23.6 Å². The van der Waals surface area contributed by atoms with E-state index in [-0.39, 0.29) is 11.7 Å². The van der Waals surface area contributed by atoms with Gasteiger partial charge in [-0.15, -0.1) is 0 Å². The second-order valence-electron chi connectivity index (χ2n) is 6.05. The summed E-state index contributed by atoms with van der Waals surface area (Å²) in [6.45, 7) is 3.76. The zero-order valence-electron chi connectivity index (χ0n) is 13.3. The van der Waals surface area contributed by atoms with Gasteiger partial charge in [-0.25, -0.2) is 4.39 Å². The third-order valence-electron chi connectivity index (χ3n) is 4.27. The van der Waals surface area contributed by atoms with Gasteiger partial charge in [-0.1, -0.05) is 22.9 Å². The number of rotatable bonds is 5. The van der Waals surface area contributed by atoms with Crippen LogP contribution in [-0.4, -0.2) is 41.9 Å². The summed E-state index contributed by atoms with van der Waals surface area (Å²) >= 11 is 3.36. The summed E-state index contributed by atoms with van der Waals surface area (Å²) < 4.78 is 14.6. The molecule has 0 radical (unpaired) electrons. The molecule has 1 fully saturated rings. The minimum absolute atomic E-state index is 0.157. The van der Waals surface area contributed by atoms with E-state index in [0.717, 1.165) is 30.3 Å². The molecule has 0 spiro atoms. The number of hydrogen-bond donors (Lipinski definition) is 0. The molecule has 2 rings (SSSR count). The highest BCUT2D eigenvalue weighted by atomic mass is 79.9. The van der Waals surface area contributed by atoms with Crippen LogP contribution in [0.1, 0.15) is 38.2 Å². The van der Waals surface area contributed by atoms with E-state index in [1.54, 1.807) is 12.1 Å². The summed E-state index contributed by atoms with van der Waals surface area (Å²) in [5.74, 6) is -0.0728. The fourth-order valence-corrected chi connectivity index (χ4v) is 3.49. The van der Waals surface area contributed by atoms with Crippen molar-refractivity contribution >= 4 is 21.8 Å². The Bertz CT molecular complexity index is 523. The SMILES string of the molecule is CCC1CCCCN1C(=O)CN(C)Cc1cc(Br)ccc1F. The Morgan fingerprint density at radius 3 is 2.95 bits per heavy atom. The van der Waals surface area contributed by atoms with Gasteiger partial charge in [-0.05, 0) is 50.9 Å². The van der Waals surface area contributed by atoms with Crippen molar-refractivity contribution in [3.05, 3.63) is 34.1 Å². The maximum atomic E-state index is 13.8. The lowest BCUT2D eigenvalue weighted by molar-refractivity contribution is -0.136. The summed E-state index contributed by atoms with van der Waals surface area (Å²) in [4.78, 5) is 16.4. The molecule has 5 heteroatoms. The molecule has 0 aliphatic carbocycles. The minimum Gasteiger partial charge on any atom is -0.339 e. The summed E-state index contributed by atoms with van der Waals surface area (Å²) in [5, 5.41) is 0. The first-order valence-electron chi connectivity index (χ1n) is 7.93. The molecule has 1 aromatic carbocycles. The van der Waals surface area contributed by atoms with E-state index in [4.69, 9.17) is 0 Å². The third kappa shape index (κ3) is 4.53. The summed E-state index contributed by atoms with van der Waals surface area (Å²) in [6.07, 6.45) is 4.41. The van der Waals surface area contributed by atoms with Crippen LogP contribution in [0, 0.1) is 5.82 Å². The van der Waals surface area contributed by atoms with Crippen molar-refractivity contribution < 1.29 is 9.18 Å². The van der Waals surface area contributed by atoms with Crippen LogP contribution in [0.2, 0.25) is 0 Å². The van der Waals surface area contributed by atoms with Gasteiger partial charge in [0.05, 0.1) is 6.54 Å². The number of hydrogen-bond acceptors (Lipinski definition) is 2. The number of carbonyl (C=O) groups is 1. The zero-order chi connectivity index (χ0) is 16.1. The summed E-state index contributed by atoms with van der Waals surface area (Å²) in [6, 6.07) is 5.28. The van der Waals surface area contributed by atoms with Gasteiger partial charge in [0.15, 0.2) is 0 Å².